The Balaban J connectivity index is 1.83. The van der Waals surface area contributed by atoms with Crippen LogP contribution in [0, 0.1) is 0 Å². The van der Waals surface area contributed by atoms with Gasteiger partial charge in [-0.1, -0.05) is 24.6 Å². The third-order valence-corrected chi connectivity index (χ3v) is 5.57. The normalized spacial score (nSPS) is 21.7. The summed E-state index contributed by atoms with van der Waals surface area (Å²) in [5, 5.41) is 0. The molecule has 2 aliphatic rings. The van der Waals surface area contributed by atoms with Crippen LogP contribution in [0.3, 0.4) is 0 Å². The maximum Gasteiger partial charge on any atom is 0.306 e. The van der Waals surface area contributed by atoms with E-state index in [1.54, 1.807) is 0 Å². The fourth-order valence-corrected chi connectivity index (χ4v) is 4.52. The summed E-state index contributed by atoms with van der Waals surface area (Å²) >= 11 is 0. The first-order chi connectivity index (χ1) is 12.4. The van der Waals surface area contributed by atoms with Gasteiger partial charge in [0, 0.05) is 23.6 Å². The smallest absolute Gasteiger partial charge is 0.306 e. The molecule has 0 saturated heterocycles. The number of benzene rings is 1. The molecule has 0 radical (unpaired) electrons. The maximum absolute atomic E-state index is 12.2. The second-order valence-corrected chi connectivity index (χ2v) is 8.44. The van der Waals surface area contributed by atoms with E-state index < -0.39 is 15.5 Å². The van der Waals surface area contributed by atoms with Gasteiger partial charge in [-0.3, -0.25) is 9.79 Å². The average molecular weight is 373 g/mol. The molecular weight excluding hydrogens is 354 g/mol. The van der Waals surface area contributed by atoms with Crippen LogP contribution >= 0.6 is 0 Å². The number of fused-ring (bicyclic) bond motifs is 3. The van der Waals surface area contributed by atoms with E-state index >= 15 is 0 Å². The topological polar surface area (TPSA) is 85.9 Å². The van der Waals surface area contributed by atoms with Crippen LogP contribution in [0.15, 0.2) is 50.8 Å². The highest BCUT2D eigenvalue weighted by molar-refractivity contribution is 7.86. The summed E-state index contributed by atoms with van der Waals surface area (Å²) in [5.74, 6) is -0.00657. The van der Waals surface area contributed by atoms with E-state index in [9.17, 15) is 13.2 Å². The van der Waals surface area contributed by atoms with Crippen LogP contribution in [0.4, 0.5) is 5.69 Å². The van der Waals surface area contributed by atoms with Crippen LogP contribution in [-0.2, 0) is 22.0 Å². The Morgan fingerprint density at radius 2 is 2.04 bits per heavy atom. The van der Waals surface area contributed by atoms with Gasteiger partial charge in [-0.05, 0) is 30.9 Å². The Labute approximate surface area is 151 Å². The van der Waals surface area contributed by atoms with Gasteiger partial charge in [0.15, 0.2) is 5.76 Å². The molecule has 1 saturated carbocycles. The number of para-hydroxylation sites is 1. The first kappa shape index (κ1) is 17.0. The first-order valence-electron chi connectivity index (χ1n) is 8.57. The lowest BCUT2D eigenvalue weighted by molar-refractivity contribution is 0.380. The standard InChI is InChI=1S/C19H19NO5S/c1-26(22,23)25-18-15(21)9-11-24-16(18)12-19-10-5-4-8-17(19)20-14-7-3-2-6-13(14)19/h2-3,6-7,9,11H,4-5,8,10,12H2,1H3/t19-/m1/s1. The second-order valence-electron chi connectivity index (χ2n) is 6.87. The van der Waals surface area contributed by atoms with Crippen LogP contribution in [0.25, 0.3) is 0 Å². The molecular formula is C19H19NO5S. The van der Waals surface area contributed by atoms with Gasteiger partial charge < -0.3 is 8.60 Å². The van der Waals surface area contributed by atoms with Crippen molar-refractivity contribution >= 4 is 21.5 Å². The quantitative estimate of drug-likeness (QED) is 0.769. The Bertz CT molecular complexity index is 1050. The fourth-order valence-electron chi connectivity index (χ4n) is 4.04. The van der Waals surface area contributed by atoms with Crippen molar-refractivity contribution < 1.29 is 17.0 Å². The van der Waals surface area contributed by atoms with Crippen molar-refractivity contribution in [2.45, 2.75) is 37.5 Å². The Morgan fingerprint density at radius 3 is 2.85 bits per heavy atom. The molecule has 1 aromatic carbocycles. The second kappa shape index (κ2) is 6.09. The molecule has 1 aliphatic heterocycles. The molecule has 1 aliphatic carbocycles. The lowest BCUT2D eigenvalue weighted by atomic mass is 9.66. The van der Waals surface area contributed by atoms with Gasteiger partial charge in [-0.2, -0.15) is 8.42 Å². The Morgan fingerprint density at radius 1 is 1.23 bits per heavy atom. The van der Waals surface area contributed by atoms with E-state index in [1.807, 2.05) is 18.2 Å². The molecule has 0 spiro atoms. The van der Waals surface area contributed by atoms with E-state index in [-0.39, 0.29) is 16.9 Å². The minimum atomic E-state index is -3.84. The summed E-state index contributed by atoms with van der Waals surface area (Å²) < 4.78 is 33.7. The molecule has 2 aromatic rings. The molecule has 4 rings (SSSR count). The van der Waals surface area contributed by atoms with Gasteiger partial charge in [0.1, 0.15) is 0 Å². The van der Waals surface area contributed by atoms with E-state index in [2.05, 4.69) is 6.07 Å². The molecule has 26 heavy (non-hydrogen) atoms. The fraction of sp³-hybridized carbons (Fsp3) is 0.368. The molecule has 0 bridgehead atoms. The number of rotatable bonds is 4. The zero-order chi connectivity index (χ0) is 18.4. The molecule has 0 N–H and O–H groups in total. The highest BCUT2D eigenvalue weighted by Gasteiger charge is 2.45. The van der Waals surface area contributed by atoms with Crippen molar-refractivity contribution in [1.29, 1.82) is 0 Å². The van der Waals surface area contributed by atoms with Crippen molar-refractivity contribution in [2.24, 2.45) is 4.99 Å². The summed E-state index contributed by atoms with van der Waals surface area (Å²) in [5.41, 5.74) is 2.23. The molecule has 7 heteroatoms. The predicted molar refractivity (Wildman–Crippen MR) is 97.8 cm³/mol. The zero-order valence-corrected chi connectivity index (χ0v) is 15.2. The SMILES string of the molecule is CS(=O)(=O)Oc1c(C[C@@]23CCCCC2=Nc2ccccc23)occc1=O. The number of hydrogen-bond donors (Lipinski definition) is 0. The van der Waals surface area contributed by atoms with Crippen molar-refractivity contribution in [1.82, 2.24) is 0 Å². The van der Waals surface area contributed by atoms with Gasteiger partial charge in [0.2, 0.25) is 11.2 Å². The monoisotopic (exact) mass is 373 g/mol. The molecule has 6 nitrogen and oxygen atoms in total. The van der Waals surface area contributed by atoms with Gasteiger partial charge in [0.05, 0.1) is 18.2 Å². The van der Waals surface area contributed by atoms with Gasteiger partial charge in [-0.25, -0.2) is 0 Å². The first-order valence-corrected chi connectivity index (χ1v) is 10.4. The van der Waals surface area contributed by atoms with Crippen LogP contribution in [-0.4, -0.2) is 20.4 Å². The van der Waals surface area contributed by atoms with E-state index in [4.69, 9.17) is 13.6 Å². The lowest BCUT2D eigenvalue weighted by Crippen LogP contribution is -2.38. The zero-order valence-electron chi connectivity index (χ0n) is 14.4. The summed E-state index contributed by atoms with van der Waals surface area (Å²) in [6, 6.07) is 9.13. The van der Waals surface area contributed by atoms with Crippen molar-refractivity contribution in [3.05, 3.63) is 58.1 Å². The van der Waals surface area contributed by atoms with Gasteiger partial charge in [-0.15, -0.1) is 0 Å². The van der Waals surface area contributed by atoms with Crippen molar-refractivity contribution in [3.63, 3.8) is 0 Å². The van der Waals surface area contributed by atoms with Crippen LogP contribution in [0.5, 0.6) is 5.75 Å². The summed E-state index contributed by atoms with van der Waals surface area (Å²) in [6.07, 6.45) is 6.41. The van der Waals surface area contributed by atoms with E-state index in [0.717, 1.165) is 48.9 Å². The molecule has 2 heterocycles. The Kier molecular flexibility index (Phi) is 3.99. The minimum Gasteiger partial charge on any atom is -0.465 e. The Hall–Kier alpha value is -2.41. The van der Waals surface area contributed by atoms with E-state index in [1.165, 1.54) is 12.3 Å². The minimum absolute atomic E-state index is 0.245. The molecule has 136 valence electrons. The summed E-state index contributed by atoms with van der Waals surface area (Å²) in [6.45, 7) is 0. The van der Waals surface area contributed by atoms with Gasteiger partial charge in [0.25, 0.3) is 0 Å². The van der Waals surface area contributed by atoms with Gasteiger partial charge >= 0.3 is 10.1 Å². The summed E-state index contributed by atoms with van der Waals surface area (Å²) in [4.78, 5) is 17.0. The number of hydrogen-bond acceptors (Lipinski definition) is 6. The molecule has 1 aromatic heterocycles. The largest absolute Gasteiger partial charge is 0.465 e. The average Bonchev–Trinajstić information content (AvgIpc) is 2.91. The summed E-state index contributed by atoms with van der Waals surface area (Å²) in [7, 11) is -3.84. The lowest BCUT2D eigenvalue weighted by Gasteiger charge is -2.35. The van der Waals surface area contributed by atoms with Crippen LogP contribution in [0.1, 0.15) is 37.0 Å². The van der Waals surface area contributed by atoms with Crippen molar-refractivity contribution in [3.8, 4) is 5.75 Å². The molecule has 1 atom stereocenters. The molecule has 0 amide bonds. The predicted octanol–water partition coefficient (Wildman–Crippen LogP) is 3.12. The molecule has 0 unspecified atom stereocenters. The van der Waals surface area contributed by atoms with Crippen LogP contribution < -0.4 is 9.61 Å². The third kappa shape index (κ3) is 2.86. The number of aliphatic imine (C=N–C) groups is 1. The number of nitrogens with zero attached hydrogens (tertiary/aromatic N) is 1. The van der Waals surface area contributed by atoms with Crippen molar-refractivity contribution in [2.75, 3.05) is 6.26 Å². The highest BCUT2D eigenvalue weighted by atomic mass is 32.2. The maximum atomic E-state index is 12.2. The molecule has 1 fully saturated rings. The van der Waals surface area contributed by atoms with Crippen LogP contribution in [0.2, 0.25) is 0 Å². The third-order valence-electron chi connectivity index (χ3n) is 5.10. The van der Waals surface area contributed by atoms with E-state index in [0.29, 0.717) is 6.42 Å². The highest BCUT2D eigenvalue weighted by Crippen LogP contribution is 2.49.